The molecule has 5 heteroatoms. The van der Waals surface area contributed by atoms with Crippen LogP contribution in [-0.2, 0) is 0 Å². The number of hydrogen-bond donors (Lipinski definition) is 1. The molecule has 108 valence electrons. The number of halogens is 1. The summed E-state index contributed by atoms with van der Waals surface area (Å²) in [4.78, 5) is 9.01. The molecule has 0 amide bonds. The molecule has 4 rings (SSSR count). The molecule has 0 saturated heterocycles. The summed E-state index contributed by atoms with van der Waals surface area (Å²) in [5.41, 5.74) is 8.50. The van der Waals surface area contributed by atoms with Crippen molar-refractivity contribution in [3.05, 3.63) is 52.8 Å². The quantitative estimate of drug-likeness (QED) is 0.305. The van der Waals surface area contributed by atoms with Gasteiger partial charge in [-0.25, -0.2) is 4.98 Å². The van der Waals surface area contributed by atoms with Crippen molar-refractivity contribution in [3.63, 3.8) is 0 Å². The van der Waals surface area contributed by atoms with E-state index in [9.17, 15) is 0 Å². The zero-order chi connectivity index (χ0) is 15.3. The van der Waals surface area contributed by atoms with Gasteiger partial charge >= 0.3 is 0 Å². The van der Waals surface area contributed by atoms with Crippen LogP contribution in [0.2, 0.25) is 5.02 Å². The van der Waals surface area contributed by atoms with Gasteiger partial charge in [-0.2, -0.15) is 0 Å². The molecule has 0 bridgehead atoms. The van der Waals surface area contributed by atoms with Crippen LogP contribution < -0.4 is 11.1 Å². The van der Waals surface area contributed by atoms with Gasteiger partial charge in [0.25, 0.3) is 0 Å². The Hall–Kier alpha value is -2.59. The van der Waals surface area contributed by atoms with Crippen LogP contribution in [0.3, 0.4) is 0 Å². The molecule has 0 fully saturated rings. The van der Waals surface area contributed by atoms with Crippen LogP contribution in [0.15, 0.2) is 51.9 Å². The van der Waals surface area contributed by atoms with Gasteiger partial charge in [-0.3, -0.25) is 4.99 Å². The van der Waals surface area contributed by atoms with E-state index in [4.69, 9.17) is 26.7 Å². The third-order valence-corrected chi connectivity index (χ3v) is 4.06. The van der Waals surface area contributed by atoms with Crippen LogP contribution in [-0.4, -0.2) is 12.0 Å². The Labute approximate surface area is 131 Å². The first-order chi connectivity index (χ1) is 10.7. The maximum absolute atomic E-state index is 6.50. The van der Waals surface area contributed by atoms with Crippen molar-refractivity contribution < 1.29 is 4.42 Å². The average molecular weight is 310 g/mol. The summed E-state index contributed by atoms with van der Waals surface area (Å²) in [6.07, 6.45) is 0. The normalized spacial score (nSPS) is 12.5. The predicted octanol–water partition coefficient (Wildman–Crippen LogP) is 3.85. The number of fused-ring (bicyclic) bond motifs is 4. The number of benzene rings is 3. The lowest BCUT2D eigenvalue weighted by molar-refractivity contribution is 0.614. The molecule has 0 aromatic heterocycles. The summed E-state index contributed by atoms with van der Waals surface area (Å²) in [7, 11) is 1.71. The van der Waals surface area contributed by atoms with Crippen LogP contribution in [0.1, 0.15) is 0 Å². The molecule has 2 aromatic rings. The first-order valence-corrected chi connectivity index (χ1v) is 7.20. The zero-order valence-corrected chi connectivity index (χ0v) is 12.6. The number of nitrogens with two attached hydrogens (primary N) is 1. The zero-order valence-electron chi connectivity index (χ0n) is 11.8. The lowest BCUT2D eigenvalue weighted by Gasteiger charge is -2.12. The first-order valence-electron chi connectivity index (χ1n) is 6.82. The third kappa shape index (κ3) is 1.77. The van der Waals surface area contributed by atoms with E-state index in [1.165, 1.54) is 0 Å². The fourth-order valence-corrected chi connectivity index (χ4v) is 3.02. The Balaban J connectivity index is 2.31. The van der Waals surface area contributed by atoms with Crippen molar-refractivity contribution in [1.29, 1.82) is 0 Å². The van der Waals surface area contributed by atoms with Crippen molar-refractivity contribution in [2.75, 3.05) is 12.8 Å². The summed E-state index contributed by atoms with van der Waals surface area (Å²) in [5.74, 6) is 0.527. The van der Waals surface area contributed by atoms with E-state index in [1.54, 1.807) is 19.2 Å². The van der Waals surface area contributed by atoms with E-state index in [0.717, 1.165) is 22.0 Å². The van der Waals surface area contributed by atoms with Crippen molar-refractivity contribution in [2.24, 2.45) is 4.99 Å². The van der Waals surface area contributed by atoms with Crippen LogP contribution in [0.5, 0.6) is 0 Å². The maximum Gasteiger partial charge on any atom is 0.174 e. The van der Waals surface area contributed by atoms with Crippen LogP contribution in [0, 0.1) is 0 Å². The van der Waals surface area contributed by atoms with Crippen LogP contribution in [0.25, 0.3) is 33.3 Å². The predicted molar refractivity (Wildman–Crippen MR) is 89.0 cm³/mol. The molecule has 0 spiro atoms. The Bertz CT molecular complexity index is 1070. The highest BCUT2D eigenvalue weighted by Crippen LogP contribution is 2.35. The molecular weight excluding hydrogens is 298 g/mol. The van der Waals surface area contributed by atoms with E-state index in [-0.39, 0.29) is 0 Å². The van der Waals surface area contributed by atoms with Crippen molar-refractivity contribution in [1.82, 2.24) is 4.98 Å². The van der Waals surface area contributed by atoms with Crippen molar-refractivity contribution in [3.8, 4) is 11.5 Å². The molecule has 4 nitrogen and oxygen atoms in total. The standard InChI is InChI=1S/C17H12ClN3O/c1-20-15-10-4-2-3-5-11(10)16-17(14(15)18)22-13-8-9(19)6-7-12(13)21-16/h2-8H,19H2,1H3/b20-15+. The lowest BCUT2D eigenvalue weighted by atomic mass is 10.0. The van der Waals surface area contributed by atoms with Gasteiger partial charge in [0.05, 0.1) is 5.36 Å². The fourth-order valence-electron chi connectivity index (χ4n) is 2.71. The summed E-state index contributed by atoms with van der Waals surface area (Å²) < 4.78 is 5.97. The molecule has 0 radical (unpaired) electrons. The van der Waals surface area contributed by atoms with Crippen molar-refractivity contribution >= 4 is 39.2 Å². The third-order valence-electron chi connectivity index (χ3n) is 3.71. The van der Waals surface area contributed by atoms with Gasteiger partial charge in [0.15, 0.2) is 11.3 Å². The monoisotopic (exact) mass is 309 g/mol. The van der Waals surface area contributed by atoms with E-state index in [1.807, 2.05) is 30.3 Å². The lowest BCUT2D eigenvalue weighted by Crippen LogP contribution is -2.09. The molecule has 1 heterocycles. The van der Waals surface area contributed by atoms with Gasteiger partial charge in [0.2, 0.25) is 0 Å². The van der Waals surface area contributed by atoms with E-state index >= 15 is 0 Å². The van der Waals surface area contributed by atoms with Gasteiger partial charge in [0, 0.05) is 29.6 Å². The molecule has 2 aliphatic rings. The Morgan fingerprint density at radius 2 is 1.91 bits per heavy atom. The topological polar surface area (TPSA) is 64.4 Å². The minimum absolute atomic E-state index is 0.466. The summed E-state index contributed by atoms with van der Waals surface area (Å²) in [5, 5.41) is 3.09. The highest BCUT2D eigenvalue weighted by molar-refractivity contribution is 6.34. The minimum Gasteiger partial charge on any atom is -0.451 e. The first kappa shape index (κ1) is 13.1. The molecule has 22 heavy (non-hydrogen) atoms. The maximum atomic E-state index is 6.50. The second-order valence-corrected chi connectivity index (χ2v) is 5.43. The van der Waals surface area contributed by atoms with Gasteiger partial charge in [-0.05, 0) is 12.1 Å². The van der Waals surface area contributed by atoms with Gasteiger partial charge in [0.1, 0.15) is 16.2 Å². The molecule has 0 saturated carbocycles. The number of aromatic nitrogens is 1. The number of nitrogens with zero attached hydrogens (tertiary/aromatic N) is 2. The second-order valence-electron chi connectivity index (χ2n) is 5.05. The van der Waals surface area contributed by atoms with Crippen LogP contribution >= 0.6 is 11.6 Å². The largest absolute Gasteiger partial charge is 0.451 e. The molecule has 1 aliphatic carbocycles. The van der Waals surface area contributed by atoms with E-state index in [2.05, 4.69) is 4.99 Å². The second kappa shape index (κ2) is 4.71. The summed E-state index contributed by atoms with van der Waals surface area (Å²) in [6.45, 7) is 0. The van der Waals surface area contributed by atoms with E-state index < -0.39 is 0 Å². The number of hydrogen-bond acceptors (Lipinski definition) is 4. The molecule has 0 unspecified atom stereocenters. The highest BCUT2D eigenvalue weighted by Gasteiger charge is 2.19. The Morgan fingerprint density at radius 3 is 2.68 bits per heavy atom. The summed E-state index contributed by atoms with van der Waals surface area (Å²) >= 11 is 6.50. The summed E-state index contributed by atoms with van der Waals surface area (Å²) in [6, 6.07) is 13.3. The minimum atomic E-state index is 0.466. The molecule has 1 aliphatic heterocycles. The molecule has 0 atom stereocenters. The number of rotatable bonds is 0. The fraction of sp³-hybridized carbons (Fsp3) is 0.0588. The number of nitrogen functional groups attached to an aromatic ring is 1. The SMILES string of the molecule is C/N=c1/c(Cl)c2oc3cc(N)ccc3nc-2c2ccccc12. The van der Waals surface area contributed by atoms with Gasteiger partial charge in [-0.15, -0.1) is 0 Å². The highest BCUT2D eigenvalue weighted by atomic mass is 35.5. The van der Waals surface area contributed by atoms with E-state index in [0.29, 0.717) is 27.4 Å². The number of anilines is 1. The Morgan fingerprint density at radius 1 is 1.14 bits per heavy atom. The molecular formula is C17H12ClN3O. The van der Waals surface area contributed by atoms with Gasteiger partial charge in [-0.1, -0.05) is 35.9 Å². The van der Waals surface area contributed by atoms with Gasteiger partial charge < -0.3 is 10.2 Å². The van der Waals surface area contributed by atoms with Crippen molar-refractivity contribution in [2.45, 2.75) is 0 Å². The molecule has 2 N–H and O–H groups in total. The Kier molecular flexibility index (Phi) is 2.81. The molecule has 2 aromatic carbocycles. The average Bonchev–Trinajstić information content (AvgIpc) is 2.54. The van der Waals surface area contributed by atoms with Crippen LogP contribution in [0.4, 0.5) is 5.69 Å². The smallest absolute Gasteiger partial charge is 0.174 e.